The van der Waals surface area contributed by atoms with Gasteiger partial charge in [0.2, 0.25) is 0 Å². The molecule has 0 saturated heterocycles. The second-order valence-electron chi connectivity index (χ2n) is 5.33. The quantitative estimate of drug-likeness (QED) is 0.930. The first-order valence-electron chi connectivity index (χ1n) is 7.42. The molecule has 3 heterocycles. The number of nitrogens with one attached hydrogen (secondary N) is 1. The first kappa shape index (κ1) is 15.1. The number of allylic oxidation sites excluding steroid dienone is 1. The first-order valence-corrected chi connectivity index (χ1v) is 7.42. The molecule has 3 rings (SSSR count). The number of aromatic nitrogens is 1. The summed E-state index contributed by atoms with van der Waals surface area (Å²) in [6.45, 7) is 6.27. The van der Waals surface area contributed by atoms with Crippen molar-refractivity contribution < 1.29 is 4.39 Å². The SMILES string of the molecule is C=C(F)C(C)C1=CCN=C2C=CC(=NCc3ccncc3)NN12. The average molecular weight is 311 g/mol. The summed E-state index contributed by atoms with van der Waals surface area (Å²) >= 11 is 0. The van der Waals surface area contributed by atoms with Crippen LogP contribution in [0.1, 0.15) is 12.5 Å². The lowest BCUT2D eigenvalue weighted by molar-refractivity contribution is 0.385. The van der Waals surface area contributed by atoms with Gasteiger partial charge in [-0.1, -0.05) is 13.5 Å². The lowest BCUT2D eigenvalue weighted by atomic mass is 10.0. The molecule has 0 amide bonds. The molecule has 0 spiro atoms. The molecule has 2 aliphatic rings. The zero-order valence-electron chi connectivity index (χ0n) is 12.9. The Morgan fingerprint density at radius 1 is 1.43 bits per heavy atom. The number of hydrazine groups is 1. The van der Waals surface area contributed by atoms with E-state index in [0.717, 1.165) is 17.1 Å². The van der Waals surface area contributed by atoms with E-state index in [-0.39, 0.29) is 5.83 Å². The van der Waals surface area contributed by atoms with Crippen LogP contribution in [-0.2, 0) is 6.54 Å². The predicted octanol–water partition coefficient (Wildman–Crippen LogP) is 2.77. The van der Waals surface area contributed by atoms with Gasteiger partial charge < -0.3 is 0 Å². The van der Waals surface area contributed by atoms with Gasteiger partial charge in [-0.05, 0) is 35.9 Å². The van der Waals surface area contributed by atoms with Crippen molar-refractivity contribution in [1.29, 1.82) is 0 Å². The molecule has 0 saturated carbocycles. The third-order valence-electron chi connectivity index (χ3n) is 3.75. The van der Waals surface area contributed by atoms with Gasteiger partial charge >= 0.3 is 0 Å². The highest BCUT2D eigenvalue weighted by molar-refractivity contribution is 6.07. The van der Waals surface area contributed by atoms with E-state index in [9.17, 15) is 4.39 Å². The largest absolute Gasteiger partial charge is 0.276 e. The van der Waals surface area contributed by atoms with E-state index in [0.29, 0.717) is 18.9 Å². The normalized spacial score (nSPS) is 19.6. The zero-order chi connectivity index (χ0) is 16.2. The third-order valence-corrected chi connectivity index (χ3v) is 3.75. The van der Waals surface area contributed by atoms with Crippen molar-refractivity contribution in [3.05, 3.63) is 66.4 Å². The predicted molar refractivity (Wildman–Crippen MR) is 89.3 cm³/mol. The summed E-state index contributed by atoms with van der Waals surface area (Å²) in [5.41, 5.74) is 5.05. The topological polar surface area (TPSA) is 52.9 Å². The molecule has 0 radical (unpaired) electrons. The molecule has 118 valence electrons. The van der Waals surface area contributed by atoms with Crippen molar-refractivity contribution in [3.63, 3.8) is 0 Å². The van der Waals surface area contributed by atoms with Crippen molar-refractivity contribution in [3.8, 4) is 0 Å². The number of fused-ring (bicyclic) bond motifs is 1. The number of rotatable bonds is 4. The highest BCUT2D eigenvalue weighted by Crippen LogP contribution is 2.25. The van der Waals surface area contributed by atoms with Gasteiger partial charge in [0.15, 0.2) is 0 Å². The molecule has 0 aromatic carbocycles. The van der Waals surface area contributed by atoms with Crippen molar-refractivity contribution >= 4 is 11.7 Å². The molecule has 2 aliphatic heterocycles. The molecular weight excluding hydrogens is 293 g/mol. The summed E-state index contributed by atoms with van der Waals surface area (Å²) in [5, 5.41) is 1.77. The second-order valence-corrected chi connectivity index (χ2v) is 5.33. The Hall–Kier alpha value is -2.76. The lowest BCUT2D eigenvalue weighted by Crippen LogP contribution is -2.49. The minimum absolute atomic E-state index is 0.371. The molecule has 1 aromatic heterocycles. The molecule has 0 fully saturated rings. The molecule has 23 heavy (non-hydrogen) atoms. The van der Waals surface area contributed by atoms with E-state index in [4.69, 9.17) is 0 Å². The monoisotopic (exact) mass is 311 g/mol. The van der Waals surface area contributed by atoms with Gasteiger partial charge in [-0.15, -0.1) is 0 Å². The summed E-state index contributed by atoms with van der Waals surface area (Å²) in [5.74, 6) is 0.675. The fourth-order valence-electron chi connectivity index (χ4n) is 2.36. The van der Waals surface area contributed by atoms with Gasteiger partial charge in [0.25, 0.3) is 0 Å². The number of pyridine rings is 1. The maximum atomic E-state index is 13.5. The molecule has 0 aliphatic carbocycles. The van der Waals surface area contributed by atoms with Crippen LogP contribution in [0.15, 0.2) is 70.8 Å². The Balaban J connectivity index is 1.78. The Bertz CT molecular complexity index is 718. The Morgan fingerprint density at radius 2 is 2.22 bits per heavy atom. The Labute approximate surface area is 134 Å². The van der Waals surface area contributed by atoms with Crippen LogP contribution in [0.3, 0.4) is 0 Å². The molecule has 5 nitrogen and oxygen atoms in total. The van der Waals surface area contributed by atoms with Crippen molar-refractivity contribution in [2.45, 2.75) is 13.5 Å². The highest BCUT2D eigenvalue weighted by atomic mass is 19.1. The fourth-order valence-corrected chi connectivity index (χ4v) is 2.36. The van der Waals surface area contributed by atoms with E-state index >= 15 is 0 Å². The standard InChI is InChI=1S/C17H18FN5/c1-12(13(2)18)15-7-10-20-17-4-3-16(22-23(15)17)21-11-14-5-8-19-9-6-14/h3-9,12H,2,10-11H2,1H3,(H,21,22). The molecule has 1 N–H and O–H groups in total. The second kappa shape index (κ2) is 6.56. The van der Waals surface area contributed by atoms with E-state index in [1.165, 1.54) is 0 Å². The highest BCUT2D eigenvalue weighted by Gasteiger charge is 2.26. The van der Waals surface area contributed by atoms with E-state index in [1.807, 2.05) is 30.4 Å². The van der Waals surface area contributed by atoms with E-state index in [1.54, 1.807) is 24.3 Å². The van der Waals surface area contributed by atoms with Gasteiger partial charge in [0.05, 0.1) is 13.1 Å². The fraction of sp³-hybridized carbons (Fsp3) is 0.235. The van der Waals surface area contributed by atoms with E-state index < -0.39 is 5.92 Å². The number of hydrogen-bond acceptors (Lipinski definition) is 4. The van der Waals surface area contributed by atoms with Crippen molar-refractivity contribution in [2.24, 2.45) is 15.9 Å². The minimum atomic E-state index is -0.402. The maximum Gasteiger partial charge on any atom is 0.147 e. The van der Waals surface area contributed by atoms with Crippen molar-refractivity contribution in [2.75, 3.05) is 6.54 Å². The smallest absolute Gasteiger partial charge is 0.147 e. The molecule has 1 atom stereocenters. The molecule has 6 heteroatoms. The molecule has 0 bridgehead atoms. The van der Waals surface area contributed by atoms with Gasteiger partial charge in [0, 0.05) is 24.0 Å². The van der Waals surface area contributed by atoms with Gasteiger partial charge in [-0.2, -0.15) is 0 Å². The van der Waals surface area contributed by atoms with Crippen molar-refractivity contribution in [1.82, 2.24) is 15.4 Å². The number of aliphatic imine (C=N–C) groups is 2. The van der Waals surface area contributed by atoms with Crippen LogP contribution in [0.4, 0.5) is 4.39 Å². The van der Waals surface area contributed by atoms with Crippen LogP contribution in [0.2, 0.25) is 0 Å². The van der Waals surface area contributed by atoms with Crippen LogP contribution in [0.5, 0.6) is 0 Å². The summed E-state index contributed by atoms with van der Waals surface area (Å²) in [4.78, 5) is 12.9. The molecule has 1 aromatic rings. The summed E-state index contributed by atoms with van der Waals surface area (Å²) in [6.07, 6.45) is 9.12. The Kier molecular flexibility index (Phi) is 4.32. The zero-order valence-corrected chi connectivity index (χ0v) is 12.9. The van der Waals surface area contributed by atoms with Gasteiger partial charge in [-0.25, -0.2) is 9.40 Å². The summed E-state index contributed by atoms with van der Waals surface area (Å²) < 4.78 is 13.5. The minimum Gasteiger partial charge on any atom is -0.276 e. The first-order chi connectivity index (χ1) is 11.1. The van der Waals surface area contributed by atoms with Gasteiger partial charge in [0.1, 0.15) is 17.5 Å². The Morgan fingerprint density at radius 3 is 2.96 bits per heavy atom. The van der Waals surface area contributed by atoms with Crippen LogP contribution in [-0.4, -0.2) is 28.2 Å². The van der Waals surface area contributed by atoms with Crippen LogP contribution in [0.25, 0.3) is 0 Å². The van der Waals surface area contributed by atoms with Gasteiger partial charge in [-0.3, -0.25) is 20.4 Å². The average Bonchev–Trinajstić information content (AvgIpc) is 2.59. The number of amidine groups is 2. The van der Waals surface area contributed by atoms with Crippen LogP contribution >= 0.6 is 0 Å². The summed E-state index contributed by atoms with van der Waals surface area (Å²) in [7, 11) is 0. The lowest BCUT2D eigenvalue weighted by Gasteiger charge is -2.35. The molecular formula is C17H18FN5. The number of nitrogens with zero attached hydrogens (tertiary/aromatic N) is 4. The molecule has 1 unspecified atom stereocenters. The number of halogens is 1. The van der Waals surface area contributed by atoms with Crippen LogP contribution < -0.4 is 5.43 Å². The van der Waals surface area contributed by atoms with Crippen LogP contribution in [0, 0.1) is 5.92 Å². The summed E-state index contributed by atoms with van der Waals surface area (Å²) in [6, 6.07) is 3.84. The maximum absolute atomic E-state index is 13.5. The number of hydrogen-bond donors (Lipinski definition) is 1. The van der Waals surface area contributed by atoms with E-state index in [2.05, 4.69) is 27.0 Å². The third kappa shape index (κ3) is 3.36.